The summed E-state index contributed by atoms with van der Waals surface area (Å²) in [5.74, 6) is 1.92. The first kappa shape index (κ1) is 16.9. The molecule has 0 aliphatic carbocycles. The van der Waals surface area contributed by atoms with Crippen molar-refractivity contribution in [1.82, 2.24) is 5.32 Å². The Morgan fingerprint density at radius 3 is 2.47 bits per heavy atom. The van der Waals surface area contributed by atoms with E-state index in [2.05, 4.69) is 58.1 Å². The third-order valence-corrected chi connectivity index (χ3v) is 4.18. The maximum absolute atomic E-state index is 6.35. The van der Waals surface area contributed by atoms with E-state index in [9.17, 15) is 0 Å². The largest absolute Gasteiger partial charge is 0.308 e. The van der Waals surface area contributed by atoms with Gasteiger partial charge in [0.15, 0.2) is 0 Å². The van der Waals surface area contributed by atoms with Crippen LogP contribution in [0.1, 0.15) is 46.6 Å². The molecule has 0 amide bonds. The molecular weight excluding hydrogens is 274 g/mol. The second kappa shape index (κ2) is 7.56. The molecule has 1 aromatic carbocycles. The first-order chi connectivity index (χ1) is 8.78. The van der Waals surface area contributed by atoms with Gasteiger partial charge in [0.25, 0.3) is 0 Å². The summed E-state index contributed by atoms with van der Waals surface area (Å²) in [5.41, 5.74) is 1.29. The molecule has 0 aliphatic heterocycles. The van der Waals surface area contributed by atoms with Gasteiger partial charge in [-0.2, -0.15) is 0 Å². The highest BCUT2D eigenvalue weighted by Gasteiger charge is 2.10. The van der Waals surface area contributed by atoms with E-state index in [4.69, 9.17) is 11.6 Å². The molecule has 0 heterocycles. The van der Waals surface area contributed by atoms with Crippen LogP contribution in [-0.4, -0.2) is 11.3 Å². The number of benzene rings is 1. The smallest absolute Gasteiger partial charge is 0.0462 e. The molecule has 3 heteroatoms. The fourth-order valence-electron chi connectivity index (χ4n) is 1.53. The second-order valence-corrected chi connectivity index (χ2v) is 7.96. The van der Waals surface area contributed by atoms with Crippen LogP contribution in [0.2, 0.25) is 5.02 Å². The van der Waals surface area contributed by atoms with Crippen molar-refractivity contribution in [2.45, 2.75) is 58.0 Å². The van der Waals surface area contributed by atoms with Crippen LogP contribution in [0.15, 0.2) is 23.1 Å². The Morgan fingerprint density at radius 1 is 1.26 bits per heavy atom. The van der Waals surface area contributed by atoms with Crippen molar-refractivity contribution in [3.05, 3.63) is 28.8 Å². The lowest BCUT2D eigenvalue weighted by atomic mass is 10.1. The molecule has 0 saturated carbocycles. The van der Waals surface area contributed by atoms with Crippen molar-refractivity contribution in [3.8, 4) is 0 Å². The summed E-state index contributed by atoms with van der Waals surface area (Å²) in [4.78, 5) is 1.27. The molecule has 108 valence electrons. The SMILES string of the molecule is CC(C)CCSc1ccc(CNC(C)(C)C)c(Cl)c1. The van der Waals surface area contributed by atoms with E-state index < -0.39 is 0 Å². The summed E-state index contributed by atoms with van der Waals surface area (Å²) in [5, 5.41) is 4.33. The van der Waals surface area contributed by atoms with Crippen LogP contribution in [0.3, 0.4) is 0 Å². The molecule has 0 radical (unpaired) electrons. The summed E-state index contributed by atoms with van der Waals surface area (Å²) in [6.07, 6.45) is 1.25. The van der Waals surface area contributed by atoms with Crippen molar-refractivity contribution in [1.29, 1.82) is 0 Å². The lowest BCUT2D eigenvalue weighted by molar-refractivity contribution is 0.424. The van der Waals surface area contributed by atoms with E-state index in [1.807, 2.05) is 11.8 Å². The highest BCUT2D eigenvalue weighted by molar-refractivity contribution is 7.99. The number of rotatable bonds is 6. The van der Waals surface area contributed by atoms with Gasteiger partial charge in [-0.05, 0) is 56.6 Å². The Bertz CT molecular complexity index is 396. The predicted octanol–water partition coefficient (Wildman–Crippen LogP) is 5.37. The summed E-state index contributed by atoms with van der Waals surface area (Å²) < 4.78 is 0. The number of thioether (sulfide) groups is 1. The fraction of sp³-hybridized carbons (Fsp3) is 0.625. The first-order valence-electron chi connectivity index (χ1n) is 6.94. The highest BCUT2D eigenvalue weighted by atomic mass is 35.5. The average Bonchev–Trinajstić information content (AvgIpc) is 2.26. The maximum Gasteiger partial charge on any atom is 0.0462 e. The van der Waals surface area contributed by atoms with Crippen molar-refractivity contribution in [2.24, 2.45) is 5.92 Å². The van der Waals surface area contributed by atoms with Gasteiger partial charge in [-0.15, -0.1) is 11.8 Å². The van der Waals surface area contributed by atoms with Gasteiger partial charge in [0.2, 0.25) is 0 Å². The predicted molar refractivity (Wildman–Crippen MR) is 88.2 cm³/mol. The normalized spacial score (nSPS) is 12.2. The van der Waals surface area contributed by atoms with Crippen molar-refractivity contribution >= 4 is 23.4 Å². The standard InChI is InChI=1S/C16H26ClNS/c1-12(2)8-9-19-14-7-6-13(15(17)10-14)11-18-16(3,4)5/h6-7,10,12,18H,8-9,11H2,1-5H3. The number of hydrogen-bond acceptors (Lipinski definition) is 2. The molecule has 0 aliphatic rings. The molecule has 0 fully saturated rings. The zero-order valence-electron chi connectivity index (χ0n) is 12.7. The summed E-state index contributed by atoms with van der Waals surface area (Å²) in [6, 6.07) is 6.40. The molecular formula is C16H26ClNS. The minimum absolute atomic E-state index is 0.119. The van der Waals surface area contributed by atoms with Crippen LogP contribution < -0.4 is 5.32 Å². The van der Waals surface area contributed by atoms with Crippen LogP contribution in [-0.2, 0) is 6.54 Å². The molecule has 1 aromatic rings. The topological polar surface area (TPSA) is 12.0 Å². The zero-order valence-corrected chi connectivity index (χ0v) is 14.3. The molecule has 0 unspecified atom stereocenters. The van der Waals surface area contributed by atoms with Gasteiger partial charge in [0.05, 0.1) is 0 Å². The quantitative estimate of drug-likeness (QED) is 0.709. The lowest BCUT2D eigenvalue weighted by Crippen LogP contribution is -2.35. The molecule has 1 nitrogen and oxygen atoms in total. The van der Waals surface area contributed by atoms with E-state index >= 15 is 0 Å². The van der Waals surface area contributed by atoms with E-state index in [-0.39, 0.29) is 5.54 Å². The van der Waals surface area contributed by atoms with Gasteiger partial charge in [0.1, 0.15) is 0 Å². The Hall–Kier alpha value is -0.180. The Labute approximate surface area is 127 Å². The van der Waals surface area contributed by atoms with Gasteiger partial charge < -0.3 is 5.32 Å². The van der Waals surface area contributed by atoms with Gasteiger partial charge in [0, 0.05) is 22.0 Å². The van der Waals surface area contributed by atoms with Crippen LogP contribution in [0.25, 0.3) is 0 Å². The van der Waals surface area contributed by atoms with Gasteiger partial charge in [-0.1, -0.05) is 31.5 Å². The van der Waals surface area contributed by atoms with Crippen LogP contribution >= 0.6 is 23.4 Å². The molecule has 0 spiro atoms. The third kappa shape index (κ3) is 7.24. The maximum atomic E-state index is 6.35. The third-order valence-electron chi connectivity index (χ3n) is 2.80. The molecule has 0 bridgehead atoms. The second-order valence-electron chi connectivity index (χ2n) is 6.39. The Morgan fingerprint density at radius 2 is 1.95 bits per heavy atom. The van der Waals surface area contributed by atoms with Gasteiger partial charge in [-0.25, -0.2) is 0 Å². The number of hydrogen-bond donors (Lipinski definition) is 1. The van der Waals surface area contributed by atoms with Crippen LogP contribution in [0.4, 0.5) is 0 Å². The molecule has 0 aromatic heterocycles. The van der Waals surface area contributed by atoms with Crippen LogP contribution in [0.5, 0.6) is 0 Å². The zero-order chi connectivity index (χ0) is 14.5. The van der Waals surface area contributed by atoms with Crippen LogP contribution in [0, 0.1) is 5.92 Å². The minimum Gasteiger partial charge on any atom is -0.308 e. The number of halogens is 1. The molecule has 0 saturated heterocycles. The molecule has 1 N–H and O–H groups in total. The van der Waals surface area contributed by atoms with Crippen molar-refractivity contribution in [2.75, 3.05) is 5.75 Å². The molecule has 1 rings (SSSR count). The molecule has 19 heavy (non-hydrogen) atoms. The van der Waals surface area contributed by atoms with Crippen molar-refractivity contribution in [3.63, 3.8) is 0 Å². The Kier molecular flexibility index (Phi) is 6.72. The lowest BCUT2D eigenvalue weighted by Gasteiger charge is -2.21. The van der Waals surface area contributed by atoms with E-state index in [0.717, 1.165) is 23.2 Å². The van der Waals surface area contributed by atoms with E-state index in [1.165, 1.54) is 16.9 Å². The van der Waals surface area contributed by atoms with E-state index in [0.29, 0.717) is 0 Å². The Balaban J connectivity index is 2.54. The highest BCUT2D eigenvalue weighted by Crippen LogP contribution is 2.26. The van der Waals surface area contributed by atoms with Gasteiger partial charge >= 0.3 is 0 Å². The molecule has 0 atom stereocenters. The summed E-state index contributed by atoms with van der Waals surface area (Å²) in [7, 11) is 0. The van der Waals surface area contributed by atoms with Gasteiger partial charge in [-0.3, -0.25) is 0 Å². The average molecular weight is 300 g/mol. The van der Waals surface area contributed by atoms with E-state index in [1.54, 1.807) is 0 Å². The first-order valence-corrected chi connectivity index (χ1v) is 8.30. The summed E-state index contributed by atoms with van der Waals surface area (Å²) in [6.45, 7) is 11.8. The summed E-state index contributed by atoms with van der Waals surface area (Å²) >= 11 is 8.24. The number of nitrogens with one attached hydrogen (secondary N) is 1. The van der Waals surface area contributed by atoms with Crippen molar-refractivity contribution < 1.29 is 0 Å². The minimum atomic E-state index is 0.119. The fourth-order valence-corrected chi connectivity index (χ4v) is 3.04. The monoisotopic (exact) mass is 299 g/mol.